The van der Waals surface area contributed by atoms with Gasteiger partial charge in [-0.05, 0) is 42.5 Å². The number of nitrogens with zero attached hydrogens (tertiary/aromatic N) is 2. The van der Waals surface area contributed by atoms with E-state index in [-0.39, 0.29) is 5.56 Å². The number of nitrogens with one attached hydrogen (secondary N) is 2. The number of nitriles is 1. The second-order valence-electron chi connectivity index (χ2n) is 8.17. The van der Waals surface area contributed by atoms with Crippen molar-refractivity contribution in [2.75, 3.05) is 0 Å². The van der Waals surface area contributed by atoms with E-state index in [0.717, 1.165) is 36.0 Å². The first-order chi connectivity index (χ1) is 15.4. The van der Waals surface area contributed by atoms with Crippen molar-refractivity contribution in [1.82, 2.24) is 15.2 Å². The quantitative estimate of drug-likeness (QED) is 0.615. The molecule has 3 rings (SSSR count). The topological polar surface area (TPSA) is 124 Å². The second kappa shape index (κ2) is 10.1. The van der Waals surface area contributed by atoms with Crippen LogP contribution >= 0.6 is 0 Å². The molecule has 1 aliphatic rings. The van der Waals surface area contributed by atoms with Gasteiger partial charge in [0.25, 0.3) is 5.56 Å². The maximum absolute atomic E-state index is 12.9. The van der Waals surface area contributed by atoms with Crippen molar-refractivity contribution in [3.05, 3.63) is 58.5 Å². The average Bonchev–Trinajstić information content (AvgIpc) is 2.79. The Bertz CT molecular complexity index is 1060. The number of hydrogen-bond acceptors (Lipinski definition) is 4. The SMILES string of the molecule is CCn1cc(-c2ccc(CC(C#N)NC(=O)C3(NC(=O)O)CCCCC3)cc2)ccc1=O. The molecule has 1 aromatic heterocycles. The summed E-state index contributed by atoms with van der Waals surface area (Å²) in [4.78, 5) is 36.0. The molecule has 32 heavy (non-hydrogen) atoms. The summed E-state index contributed by atoms with van der Waals surface area (Å²) in [6, 6.07) is 12.3. The largest absolute Gasteiger partial charge is 0.465 e. The van der Waals surface area contributed by atoms with E-state index in [9.17, 15) is 24.8 Å². The van der Waals surface area contributed by atoms with Crippen molar-refractivity contribution in [3.63, 3.8) is 0 Å². The molecule has 3 N–H and O–H groups in total. The van der Waals surface area contributed by atoms with Gasteiger partial charge in [-0.2, -0.15) is 5.26 Å². The smallest absolute Gasteiger partial charge is 0.405 e. The molecule has 0 bridgehead atoms. The molecule has 1 atom stereocenters. The van der Waals surface area contributed by atoms with Crippen molar-refractivity contribution in [2.45, 2.75) is 63.6 Å². The minimum atomic E-state index is -1.24. The van der Waals surface area contributed by atoms with Crippen molar-refractivity contribution in [1.29, 1.82) is 5.26 Å². The predicted molar refractivity (Wildman–Crippen MR) is 120 cm³/mol. The minimum absolute atomic E-state index is 0.0476. The number of amides is 2. The van der Waals surface area contributed by atoms with Crippen LogP contribution in [0.15, 0.2) is 47.4 Å². The van der Waals surface area contributed by atoms with Crippen LogP contribution in [0, 0.1) is 11.3 Å². The summed E-state index contributed by atoms with van der Waals surface area (Å²) in [6.45, 7) is 2.50. The highest BCUT2D eigenvalue weighted by Crippen LogP contribution is 2.29. The normalized spacial score (nSPS) is 15.9. The first kappa shape index (κ1) is 23.1. The molecule has 1 saturated carbocycles. The lowest BCUT2D eigenvalue weighted by molar-refractivity contribution is -0.129. The van der Waals surface area contributed by atoms with E-state index in [4.69, 9.17) is 0 Å². The Hall–Kier alpha value is -3.60. The van der Waals surface area contributed by atoms with Crippen molar-refractivity contribution in [2.24, 2.45) is 0 Å². The third kappa shape index (κ3) is 5.35. The molecule has 2 amide bonds. The molecule has 168 valence electrons. The van der Waals surface area contributed by atoms with Gasteiger partial charge >= 0.3 is 6.09 Å². The van der Waals surface area contributed by atoms with Crippen LogP contribution in [0.2, 0.25) is 0 Å². The summed E-state index contributed by atoms with van der Waals surface area (Å²) < 4.78 is 1.64. The van der Waals surface area contributed by atoms with Crippen LogP contribution in [-0.4, -0.2) is 33.3 Å². The van der Waals surface area contributed by atoms with Crippen LogP contribution in [0.25, 0.3) is 11.1 Å². The Morgan fingerprint density at radius 2 is 1.78 bits per heavy atom. The molecule has 1 aliphatic carbocycles. The molecule has 1 unspecified atom stereocenters. The third-order valence-corrected chi connectivity index (χ3v) is 6.00. The highest BCUT2D eigenvalue weighted by Gasteiger charge is 2.41. The summed E-state index contributed by atoms with van der Waals surface area (Å²) in [5.74, 6) is -0.440. The van der Waals surface area contributed by atoms with Gasteiger partial charge < -0.3 is 20.3 Å². The first-order valence-corrected chi connectivity index (χ1v) is 10.9. The van der Waals surface area contributed by atoms with E-state index in [1.165, 1.54) is 0 Å². The molecule has 2 aromatic rings. The summed E-state index contributed by atoms with van der Waals surface area (Å²) in [5.41, 5.74) is 1.51. The molecule has 0 saturated heterocycles. The zero-order valence-corrected chi connectivity index (χ0v) is 18.1. The molecule has 0 radical (unpaired) electrons. The molecule has 1 fully saturated rings. The molecule has 1 aromatic carbocycles. The van der Waals surface area contributed by atoms with E-state index >= 15 is 0 Å². The van der Waals surface area contributed by atoms with Crippen molar-refractivity contribution in [3.8, 4) is 17.2 Å². The highest BCUT2D eigenvalue weighted by molar-refractivity contribution is 5.90. The zero-order chi connectivity index (χ0) is 23.1. The summed E-state index contributed by atoms with van der Waals surface area (Å²) in [6.07, 6.45) is 4.22. The lowest BCUT2D eigenvalue weighted by atomic mass is 9.80. The number of hydrogen-bond donors (Lipinski definition) is 3. The molecule has 0 spiro atoms. The van der Waals surface area contributed by atoms with Gasteiger partial charge in [0.2, 0.25) is 5.91 Å². The van der Waals surface area contributed by atoms with Crippen molar-refractivity contribution < 1.29 is 14.7 Å². The number of aromatic nitrogens is 1. The minimum Gasteiger partial charge on any atom is -0.465 e. The van der Waals surface area contributed by atoms with Gasteiger partial charge in [0.05, 0.1) is 6.07 Å². The van der Waals surface area contributed by atoms with E-state index in [0.29, 0.717) is 25.8 Å². The number of aryl methyl sites for hydroxylation is 1. The molecule has 8 heteroatoms. The number of carbonyl (C=O) groups excluding carboxylic acids is 1. The van der Waals surface area contributed by atoms with Crippen molar-refractivity contribution >= 4 is 12.0 Å². The van der Waals surface area contributed by atoms with Crippen LogP contribution in [0.1, 0.15) is 44.6 Å². The first-order valence-electron chi connectivity index (χ1n) is 10.9. The Morgan fingerprint density at radius 3 is 2.38 bits per heavy atom. The molecule has 1 heterocycles. The second-order valence-corrected chi connectivity index (χ2v) is 8.17. The van der Waals surface area contributed by atoms with E-state index in [2.05, 4.69) is 16.7 Å². The number of carbonyl (C=O) groups is 2. The maximum Gasteiger partial charge on any atom is 0.405 e. The van der Waals surface area contributed by atoms with Gasteiger partial charge in [-0.3, -0.25) is 9.59 Å². The van der Waals surface area contributed by atoms with E-state index < -0.39 is 23.6 Å². The molecule has 0 aliphatic heterocycles. The summed E-state index contributed by atoms with van der Waals surface area (Å²) in [7, 11) is 0. The molecular formula is C24H28N4O4. The maximum atomic E-state index is 12.9. The number of pyridine rings is 1. The Balaban J connectivity index is 1.70. The summed E-state index contributed by atoms with van der Waals surface area (Å²) >= 11 is 0. The van der Waals surface area contributed by atoms with E-state index in [1.807, 2.05) is 37.4 Å². The Kier molecular flexibility index (Phi) is 7.31. The lowest BCUT2D eigenvalue weighted by Gasteiger charge is -2.36. The van der Waals surface area contributed by atoms with Gasteiger partial charge in [0, 0.05) is 25.2 Å². The Morgan fingerprint density at radius 1 is 1.12 bits per heavy atom. The Labute approximate surface area is 186 Å². The fourth-order valence-corrected chi connectivity index (χ4v) is 4.21. The van der Waals surface area contributed by atoms with Crippen LogP contribution in [0.4, 0.5) is 4.79 Å². The van der Waals surface area contributed by atoms with Gasteiger partial charge in [-0.15, -0.1) is 0 Å². The standard InChI is InChI=1S/C24H28N4O4/c1-2-28-16-19(10-11-21(28)29)18-8-6-17(7-9-18)14-20(15-25)26-22(30)24(27-23(31)32)12-4-3-5-13-24/h6-11,16,20,27H,2-5,12-14H2,1H3,(H,26,30)(H,31,32). The van der Waals surface area contributed by atoms with Gasteiger partial charge in [0.15, 0.2) is 0 Å². The predicted octanol–water partition coefficient (Wildman–Crippen LogP) is 3.06. The fourth-order valence-electron chi connectivity index (χ4n) is 4.21. The van der Waals surface area contributed by atoms with Gasteiger partial charge in [-0.25, -0.2) is 4.79 Å². The lowest BCUT2D eigenvalue weighted by Crippen LogP contribution is -2.61. The third-order valence-electron chi connectivity index (χ3n) is 6.00. The van der Waals surface area contributed by atoms with E-state index in [1.54, 1.807) is 16.7 Å². The molecule has 8 nitrogen and oxygen atoms in total. The number of carboxylic acid groups (broad SMARTS) is 1. The highest BCUT2D eigenvalue weighted by atomic mass is 16.4. The van der Waals surface area contributed by atoms with Crippen LogP contribution in [0.5, 0.6) is 0 Å². The average molecular weight is 437 g/mol. The number of benzene rings is 1. The van der Waals surface area contributed by atoms with Crippen LogP contribution in [0.3, 0.4) is 0 Å². The van der Waals surface area contributed by atoms with Gasteiger partial charge in [-0.1, -0.05) is 43.5 Å². The zero-order valence-electron chi connectivity index (χ0n) is 18.1. The monoisotopic (exact) mass is 436 g/mol. The van der Waals surface area contributed by atoms with Crippen LogP contribution in [-0.2, 0) is 17.8 Å². The van der Waals surface area contributed by atoms with Gasteiger partial charge in [0.1, 0.15) is 11.6 Å². The summed E-state index contributed by atoms with van der Waals surface area (Å²) in [5, 5.41) is 23.9. The fraction of sp³-hybridized carbons (Fsp3) is 0.417. The number of rotatable bonds is 7. The molecular weight excluding hydrogens is 408 g/mol. The van der Waals surface area contributed by atoms with Crippen LogP contribution < -0.4 is 16.2 Å².